The molecule has 0 spiro atoms. The van der Waals surface area contributed by atoms with Crippen LogP contribution >= 0.6 is 23.4 Å². The Balaban J connectivity index is 1.76. The molecule has 6 nitrogen and oxygen atoms in total. The maximum absolute atomic E-state index is 15.0. The summed E-state index contributed by atoms with van der Waals surface area (Å²) in [5, 5.41) is 3.05. The van der Waals surface area contributed by atoms with Crippen molar-refractivity contribution in [2.75, 3.05) is 7.05 Å². The van der Waals surface area contributed by atoms with E-state index in [1.165, 1.54) is 48.4 Å². The fourth-order valence-corrected chi connectivity index (χ4v) is 6.27. The Labute approximate surface area is 187 Å². The van der Waals surface area contributed by atoms with Gasteiger partial charge in [-0.05, 0) is 36.6 Å². The maximum atomic E-state index is 15.0. The lowest BCUT2D eigenvalue weighted by Crippen LogP contribution is -2.43. The minimum absolute atomic E-state index is 0.00673. The van der Waals surface area contributed by atoms with Gasteiger partial charge in [0.15, 0.2) is 11.0 Å². The molecule has 2 heterocycles. The van der Waals surface area contributed by atoms with E-state index < -0.39 is 21.9 Å². The number of halogens is 3. The van der Waals surface area contributed by atoms with E-state index in [2.05, 4.69) is 20.3 Å². The number of amides is 1. The van der Waals surface area contributed by atoms with Crippen LogP contribution in [0.3, 0.4) is 0 Å². The Kier molecular flexibility index (Phi) is 5.29. The quantitative estimate of drug-likeness (QED) is 0.720. The Bertz CT molecular complexity index is 1130. The normalized spacial score (nSPS) is 29.7. The molecule has 10 heteroatoms. The van der Waals surface area contributed by atoms with Gasteiger partial charge >= 0.3 is 0 Å². The number of aliphatic imine (C=N–C) groups is 1. The topological polar surface area (TPSA) is 93.3 Å². The molecular formula is C21H20ClF2N5OS. The van der Waals surface area contributed by atoms with E-state index >= 15 is 0 Å². The number of aromatic nitrogens is 2. The lowest BCUT2D eigenvalue weighted by atomic mass is 9.84. The van der Waals surface area contributed by atoms with Crippen molar-refractivity contribution >= 4 is 46.3 Å². The van der Waals surface area contributed by atoms with Gasteiger partial charge in [-0.15, -0.1) is 0 Å². The van der Waals surface area contributed by atoms with Crippen LogP contribution in [0.5, 0.6) is 0 Å². The van der Waals surface area contributed by atoms with Crippen molar-refractivity contribution in [3.05, 3.63) is 58.4 Å². The number of nitrogens with two attached hydrogens (primary N) is 1. The summed E-state index contributed by atoms with van der Waals surface area (Å²) in [6.07, 6.45) is 3.69. The van der Waals surface area contributed by atoms with Gasteiger partial charge in [0.05, 0.1) is 17.9 Å². The van der Waals surface area contributed by atoms with Crippen molar-refractivity contribution in [1.82, 2.24) is 15.3 Å². The molecule has 162 valence electrons. The predicted molar refractivity (Wildman–Crippen MR) is 118 cm³/mol. The number of nitrogens with zero attached hydrogens (tertiary/aromatic N) is 3. The first-order chi connectivity index (χ1) is 14.6. The highest BCUT2D eigenvalue weighted by molar-refractivity contribution is 8.15. The van der Waals surface area contributed by atoms with Crippen molar-refractivity contribution in [2.24, 2.45) is 22.6 Å². The number of hydrogen-bond acceptors (Lipinski definition) is 6. The number of carbonyl (C=O) groups is 1. The van der Waals surface area contributed by atoms with E-state index in [-0.39, 0.29) is 39.3 Å². The van der Waals surface area contributed by atoms with Crippen LogP contribution in [0.4, 0.5) is 8.78 Å². The van der Waals surface area contributed by atoms with Crippen molar-refractivity contribution in [1.29, 1.82) is 0 Å². The molecule has 4 atom stereocenters. The van der Waals surface area contributed by atoms with Gasteiger partial charge in [0.1, 0.15) is 21.4 Å². The molecule has 1 fully saturated rings. The van der Waals surface area contributed by atoms with Crippen LogP contribution in [-0.2, 0) is 10.3 Å². The second-order valence-corrected chi connectivity index (χ2v) is 9.48. The fourth-order valence-electron chi connectivity index (χ4n) is 4.58. The molecular weight excluding hydrogens is 444 g/mol. The first-order valence-electron chi connectivity index (χ1n) is 9.55. The molecule has 1 amide bonds. The highest BCUT2D eigenvalue weighted by Crippen LogP contribution is 2.69. The Morgan fingerprint density at radius 3 is 2.74 bits per heavy atom. The van der Waals surface area contributed by atoms with Crippen molar-refractivity contribution in [2.45, 2.75) is 24.1 Å². The summed E-state index contributed by atoms with van der Waals surface area (Å²) in [5.41, 5.74) is 5.67. The van der Waals surface area contributed by atoms with Crippen molar-refractivity contribution < 1.29 is 13.6 Å². The minimum atomic E-state index is -1.08. The summed E-state index contributed by atoms with van der Waals surface area (Å²) < 4.78 is 28.8. The molecule has 0 bridgehead atoms. The summed E-state index contributed by atoms with van der Waals surface area (Å²) in [6, 6.07) is 4.25. The summed E-state index contributed by atoms with van der Waals surface area (Å²) >= 11 is 6.91. The van der Waals surface area contributed by atoms with Gasteiger partial charge in [-0.25, -0.2) is 18.7 Å². The van der Waals surface area contributed by atoms with Crippen LogP contribution in [-0.4, -0.2) is 32.8 Å². The second kappa shape index (κ2) is 7.56. The molecule has 31 heavy (non-hydrogen) atoms. The van der Waals surface area contributed by atoms with Crippen LogP contribution in [0, 0.1) is 17.7 Å². The third kappa shape index (κ3) is 3.40. The second-order valence-electron chi connectivity index (χ2n) is 7.79. The lowest BCUT2D eigenvalue weighted by molar-refractivity contribution is -0.121. The smallest absolute Gasteiger partial charge is 0.237 e. The number of amidine groups is 1. The molecule has 1 saturated carbocycles. The third-order valence-corrected chi connectivity index (χ3v) is 7.67. The molecule has 1 aliphatic heterocycles. The maximum Gasteiger partial charge on any atom is 0.237 e. The summed E-state index contributed by atoms with van der Waals surface area (Å²) in [6.45, 7) is 3.69. The van der Waals surface area contributed by atoms with Crippen LogP contribution in [0.15, 0.2) is 35.6 Å². The SMILES string of the molecule is CNC(=O)[C@@]12SC(N)=N[C@](C)(c3cc(/C=C(\F)c4cnc(Cl)cn4)ccc3F)[C@H]1[C@@H]2C. The molecule has 0 unspecified atom stereocenters. The summed E-state index contributed by atoms with van der Waals surface area (Å²) in [4.78, 5) is 24.9. The Morgan fingerprint density at radius 2 is 2.10 bits per heavy atom. The molecule has 1 aromatic heterocycles. The molecule has 1 aliphatic carbocycles. The number of benzene rings is 1. The van der Waals surface area contributed by atoms with Gasteiger partial charge in [0, 0.05) is 18.5 Å². The van der Waals surface area contributed by atoms with Crippen LogP contribution < -0.4 is 11.1 Å². The van der Waals surface area contributed by atoms with E-state index in [0.29, 0.717) is 5.56 Å². The first-order valence-corrected chi connectivity index (χ1v) is 10.7. The zero-order valence-electron chi connectivity index (χ0n) is 17.0. The predicted octanol–water partition coefficient (Wildman–Crippen LogP) is 3.76. The lowest BCUT2D eigenvalue weighted by Gasteiger charge is -2.33. The van der Waals surface area contributed by atoms with Crippen LogP contribution in [0.25, 0.3) is 11.9 Å². The monoisotopic (exact) mass is 463 g/mol. The van der Waals surface area contributed by atoms with Gasteiger partial charge in [-0.3, -0.25) is 9.79 Å². The van der Waals surface area contributed by atoms with Gasteiger partial charge in [-0.1, -0.05) is 36.4 Å². The standard InChI is InChI=1S/C21H20ClF2N5OS/c1-10-17-20(2,29-19(25)31-21(10,17)18(30)26-3)12-6-11(4-5-13(12)23)7-14(24)15-8-28-16(22)9-27-15/h4-10,17H,1-3H3,(H2,25,29)(H,26,30)/b14-7-/t10-,17+,20+,21-/m0/s1. The molecule has 3 N–H and O–H groups in total. The van der Waals surface area contributed by atoms with Crippen LogP contribution in [0.2, 0.25) is 5.15 Å². The number of nitrogens with one attached hydrogen (secondary N) is 1. The third-order valence-electron chi connectivity index (χ3n) is 6.03. The Hall–Kier alpha value is -2.52. The molecule has 0 radical (unpaired) electrons. The van der Waals surface area contributed by atoms with Gasteiger partial charge in [0.2, 0.25) is 5.91 Å². The molecule has 2 aliphatic rings. The van der Waals surface area contributed by atoms with E-state index in [1.54, 1.807) is 14.0 Å². The number of hydrogen-bond donors (Lipinski definition) is 2. The average molecular weight is 464 g/mol. The number of thioether (sulfide) groups is 1. The van der Waals surface area contributed by atoms with Gasteiger partial charge in [-0.2, -0.15) is 0 Å². The molecule has 4 rings (SSSR count). The summed E-state index contributed by atoms with van der Waals surface area (Å²) in [5.74, 6) is -1.65. The van der Waals surface area contributed by atoms with Crippen molar-refractivity contribution in [3.63, 3.8) is 0 Å². The zero-order valence-corrected chi connectivity index (χ0v) is 18.6. The van der Waals surface area contributed by atoms with Gasteiger partial charge < -0.3 is 11.1 Å². The number of carbonyl (C=O) groups excluding carboxylic acids is 1. The molecule has 2 aromatic rings. The number of fused-ring (bicyclic) bond motifs is 1. The summed E-state index contributed by atoms with van der Waals surface area (Å²) in [7, 11) is 1.56. The highest BCUT2D eigenvalue weighted by atomic mass is 35.5. The molecule has 1 aromatic carbocycles. The van der Waals surface area contributed by atoms with E-state index in [0.717, 1.165) is 0 Å². The first kappa shape index (κ1) is 21.7. The fraction of sp³-hybridized carbons (Fsp3) is 0.333. The zero-order chi connectivity index (χ0) is 22.6. The average Bonchev–Trinajstić information content (AvgIpc) is 3.34. The minimum Gasteiger partial charge on any atom is -0.378 e. The Morgan fingerprint density at radius 1 is 1.35 bits per heavy atom. The number of rotatable bonds is 4. The van der Waals surface area contributed by atoms with E-state index in [1.807, 2.05) is 6.92 Å². The van der Waals surface area contributed by atoms with E-state index in [9.17, 15) is 13.6 Å². The van der Waals surface area contributed by atoms with Gasteiger partial charge in [0.25, 0.3) is 0 Å². The van der Waals surface area contributed by atoms with Crippen molar-refractivity contribution in [3.8, 4) is 0 Å². The van der Waals surface area contributed by atoms with E-state index in [4.69, 9.17) is 17.3 Å². The largest absolute Gasteiger partial charge is 0.378 e. The highest BCUT2D eigenvalue weighted by Gasteiger charge is 2.76. The van der Waals surface area contributed by atoms with Crippen LogP contribution in [0.1, 0.15) is 30.7 Å². The molecule has 0 saturated heterocycles.